The van der Waals surface area contributed by atoms with Crippen LogP contribution in [0.1, 0.15) is 42.9 Å². The van der Waals surface area contributed by atoms with Crippen molar-refractivity contribution in [3.63, 3.8) is 0 Å². The van der Waals surface area contributed by atoms with Gasteiger partial charge in [0.2, 0.25) is 5.91 Å². The average Bonchev–Trinajstić information content (AvgIpc) is 2.82. The van der Waals surface area contributed by atoms with E-state index in [-0.39, 0.29) is 17.9 Å². The first-order valence-corrected chi connectivity index (χ1v) is 11.3. The Kier molecular flexibility index (Phi) is 6.86. The standard InChI is InChI=1S/C27H30N2O3/c1-19(23-13-7-11-21-10-5-6-12-25(21)23)28-17-22-18-29(26(30)16-27(31)32)15-14-24(22)20-8-3-2-4-9-20/h2-13,19,22,24,28H,14-18H2,1H3,(H,31,32)/t19-,22?,24?/m1/s1. The van der Waals surface area contributed by atoms with Gasteiger partial charge in [-0.15, -0.1) is 0 Å². The van der Waals surface area contributed by atoms with E-state index in [1.807, 2.05) is 6.07 Å². The van der Waals surface area contributed by atoms with E-state index in [1.165, 1.54) is 21.9 Å². The van der Waals surface area contributed by atoms with Crippen molar-refractivity contribution in [1.82, 2.24) is 10.2 Å². The summed E-state index contributed by atoms with van der Waals surface area (Å²) in [6.45, 7) is 4.10. The number of benzene rings is 3. The minimum absolute atomic E-state index is 0.155. The van der Waals surface area contributed by atoms with Gasteiger partial charge in [-0.05, 0) is 47.1 Å². The Morgan fingerprint density at radius 1 is 1.03 bits per heavy atom. The molecule has 1 aliphatic heterocycles. The van der Waals surface area contributed by atoms with E-state index in [9.17, 15) is 9.59 Å². The molecular weight excluding hydrogens is 400 g/mol. The van der Waals surface area contributed by atoms with Gasteiger partial charge in [-0.1, -0.05) is 72.8 Å². The summed E-state index contributed by atoms with van der Waals surface area (Å²) in [4.78, 5) is 25.2. The Bertz CT molecular complexity index is 1080. The minimum Gasteiger partial charge on any atom is -0.481 e. The number of likely N-dealkylation sites (tertiary alicyclic amines) is 1. The van der Waals surface area contributed by atoms with Crippen LogP contribution < -0.4 is 5.32 Å². The zero-order valence-corrected chi connectivity index (χ0v) is 18.4. The second-order valence-corrected chi connectivity index (χ2v) is 8.67. The highest BCUT2D eigenvalue weighted by Gasteiger charge is 2.33. The second-order valence-electron chi connectivity index (χ2n) is 8.67. The van der Waals surface area contributed by atoms with Crippen LogP contribution in [0.2, 0.25) is 0 Å². The topological polar surface area (TPSA) is 69.6 Å². The molecule has 5 nitrogen and oxygen atoms in total. The highest BCUT2D eigenvalue weighted by molar-refractivity contribution is 5.93. The fourth-order valence-corrected chi connectivity index (χ4v) is 4.91. The molecule has 5 heteroatoms. The second kappa shape index (κ2) is 9.96. The molecule has 1 aliphatic rings. The smallest absolute Gasteiger partial charge is 0.312 e. The van der Waals surface area contributed by atoms with Crippen LogP contribution in [-0.2, 0) is 9.59 Å². The van der Waals surface area contributed by atoms with Gasteiger partial charge in [0, 0.05) is 25.7 Å². The van der Waals surface area contributed by atoms with E-state index < -0.39 is 12.4 Å². The van der Waals surface area contributed by atoms with Gasteiger partial charge >= 0.3 is 5.97 Å². The van der Waals surface area contributed by atoms with Crippen molar-refractivity contribution in [2.24, 2.45) is 5.92 Å². The predicted octanol–water partition coefficient (Wildman–Crippen LogP) is 4.60. The summed E-state index contributed by atoms with van der Waals surface area (Å²) >= 11 is 0. The molecule has 0 aromatic heterocycles. The van der Waals surface area contributed by atoms with Crippen molar-refractivity contribution in [3.05, 3.63) is 83.9 Å². The number of fused-ring (bicyclic) bond motifs is 1. The average molecular weight is 431 g/mol. The number of hydrogen-bond donors (Lipinski definition) is 2. The fraction of sp³-hybridized carbons (Fsp3) is 0.333. The van der Waals surface area contributed by atoms with Crippen molar-refractivity contribution in [2.75, 3.05) is 19.6 Å². The number of piperidine rings is 1. The summed E-state index contributed by atoms with van der Waals surface area (Å²) in [5.74, 6) is -0.825. The van der Waals surface area contributed by atoms with Crippen molar-refractivity contribution in [2.45, 2.75) is 31.7 Å². The third-order valence-electron chi connectivity index (χ3n) is 6.59. The third-order valence-corrected chi connectivity index (χ3v) is 6.59. The highest BCUT2D eigenvalue weighted by Crippen LogP contribution is 2.34. The van der Waals surface area contributed by atoms with Gasteiger partial charge in [0.1, 0.15) is 6.42 Å². The Morgan fingerprint density at radius 3 is 2.53 bits per heavy atom. The van der Waals surface area contributed by atoms with Crippen LogP contribution in [0, 0.1) is 5.92 Å². The number of rotatable bonds is 7. The Hall–Kier alpha value is -3.18. The highest BCUT2D eigenvalue weighted by atomic mass is 16.4. The number of carbonyl (C=O) groups is 2. The molecule has 32 heavy (non-hydrogen) atoms. The fourth-order valence-electron chi connectivity index (χ4n) is 4.91. The first kappa shape index (κ1) is 22.0. The Morgan fingerprint density at radius 2 is 1.75 bits per heavy atom. The van der Waals surface area contributed by atoms with E-state index >= 15 is 0 Å². The van der Waals surface area contributed by atoms with Crippen LogP contribution in [0.15, 0.2) is 72.8 Å². The number of nitrogens with one attached hydrogen (secondary N) is 1. The van der Waals surface area contributed by atoms with Crippen LogP contribution in [0.5, 0.6) is 0 Å². The molecule has 3 aromatic carbocycles. The summed E-state index contributed by atoms with van der Waals surface area (Å²) in [7, 11) is 0. The van der Waals surface area contributed by atoms with Crippen LogP contribution in [0.4, 0.5) is 0 Å². The van der Waals surface area contributed by atoms with Gasteiger partial charge in [-0.2, -0.15) is 0 Å². The van der Waals surface area contributed by atoms with E-state index in [0.29, 0.717) is 19.0 Å². The molecule has 0 saturated carbocycles. The summed E-state index contributed by atoms with van der Waals surface area (Å²) in [5, 5.41) is 15.2. The Labute approximate surface area is 189 Å². The number of carboxylic acid groups (broad SMARTS) is 1. The maximum Gasteiger partial charge on any atom is 0.312 e. The SMILES string of the molecule is C[C@@H](NCC1CN(C(=O)CC(=O)O)CCC1c1ccccc1)c1cccc2ccccc12. The van der Waals surface area contributed by atoms with Gasteiger partial charge < -0.3 is 15.3 Å². The third kappa shape index (κ3) is 5.00. The lowest BCUT2D eigenvalue weighted by Crippen LogP contribution is -2.46. The maximum absolute atomic E-state index is 12.4. The number of aliphatic carboxylic acids is 1. The predicted molar refractivity (Wildman–Crippen MR) is 126 cm³/mol. The van der Waals surface area contributed by atoms with Crippen molar-refractivity contribution >= 4 is 22.6 Å². The van der Waals surface area contributed by atoms with Gasteiger partial charge in [-0.3, -0.25) is 9.59 Å². The zero-order valence-electron chi connectivity index (χ0n) is 18.4. The molecule has 3 aromatic rings. The van der Waals surface area contributed by atoms with Gasteiger partial charge in [-0.25, -0.2) is 0 Å². The summed E-state index contributed by atoms with van der Waals surface area (Å²) in [6.07, 6.45) is 0.396. The number of hydrogen-bond acceptors (Lipinski definition) is 3. The van der Waals surface area contributed by atoms with Crippen LogP contribution in [0.3, 0.4) is 0 Å². The van der Waals surface area contributed by atoms with Crippen molar-refractivity contribution in [1.29, 1.82) is 0 Å². The molecule has 1 heterocycles. The number of carboxylic acids is 1. The molecule has 1 fully saturated rings. The lowest BCUT2D eigenvalue weighted by Gasteiger charge is -2.39. The summed E-state index contributed by atoms with van der Waals surface area (Å²) in [6, 6.07) is 25.4. The zero-order chi connectivity index (χ0) is 22.5. The molecule has 1 saturated heterocycles. The van der Waals surface area contributed by atoms with Crippen LogP contribution >= 0.6 is 0 Å². The monoisotopic (exact) mass is 430 g/mol. The molecule has 2 N–H and O–H groups in total. The Balaban J connectivity index is 1.51. The first-order valence-electron chi connectivity index (χ1n) is 11.3. The molecule has 2 unspecified atom stereocenters. The lowest BCUT2D eigenvalue weighted by molar-refractivity contribution is -0.145. The molecule has 1 amide bonds. The molecule has 0 bridgehead atoms. The van der Waals surface area contributed by atoms with Gasteiger partial charge in [0.15, 0.2) is 0 Å². The summed E-state index contributed by atoms with van der Waals surface area (Å²) < 4.78 is 0. The molecule has 0 aliphatic carbocycles. The normalized spacial score (nSPS) is 19.6. The summed E-state index contributed by atoms with van der Waals surface area (Å²) in [5.41, 5.74) is 2.54. The van der Waals surface area contributed by atoms with Crippen LogP contribution in [0.25, 0.3) is 10.8 Å². The molecule has 3 atom stereocenters. The lowest BCUT2D eigenvalue weighted by atomic mass is 9.80. The van der Waals surface area contributed by atoms with Crippen molar-refractivity contribution in [3.8, 4) is 0 Å². The largest absolute Gasteiger partial charge is 0.481 e. The quantitative estimate of drug-likeness (QED) is 0.538. The van der Waals surface area contributed by atoms with Crippen LogP contribution in [-0.4, -0.2) is 41.5 Å². The number of carbonyl (C=O) groups excluding carboxylic acids is 1. The first-order chi connectivity index (χ1) is 15.5. The van der Waals surface area contributed by atoms with E-state index in [2.05, 4.69) is 79.0 Å². The molecule has 166 valence electrons. The molecule has 0 radical (unpaired) electrons. The number of nitrogens with zero attached hydrogens (tertiary/aromatic N) is 1. The molecular formula is C27H30N2O3. The van der Waals surface area contributed by atoms with E-state index in [1.54, 1.807) is 4.90 Å². The minimum atomic E-state index is -1.07. The maximum atomic E-state index is 12.4. The molecule has 4 rings (SSSR count). The molecule has 0 spiro atoms. The van der Waals surface area contributed by atoms with Crippen molar-refractivity contribution < 1.29 is 14.7 Å². The number of amides is 1. The van der Waals surface area contributed by atoms with Gasteiger partial charge in [0.05, 0.1) is 0 Å². The van der Waals surface area contributed by atoms with E-state index in [4.69, 9.17) is 5.11 Å². The van der Waals surface area contributed by atoms with E-state index in [0.717, 1.165) is 13.0 Å². The van der Waals surface area contributed by atoms with Gasteiger partial charge in [0.25, 0.3) is 0 Å².